The number of rotatable bonds is 6. The Hall–Kier alpha value is -2.18. The van der Waals surface area contributed by atoms with Crippen LogP contribution >= 0.6 is 0 Å². The van der Waals surface area contributed by atoms with Gasteiger partial charge in [-0.05, 0) is 18.6 Å². The lowest BCUT2D eigenvalue weighted by Crippen LogP contribution is -2.09. The summed E-state index contributed by atoms with van der Waals surface area (Å²) < 4.78 is 58.0. The van der Waals surface area contributed by atoms with Crippen LogP contribution in [-0.2, 0) is 6.18 Å². The molecule has 1 aromatic carbocycles. The summed E-state index contributed by atoms with van der Waals surface area (Å²) in [6.45, 7) is 2.33. The molecule has 23 heavy (non-hydrogen) atoms. The van der Waals surface area contributed by atoms with Gasteiger partial charge in [-0.3, -0.25) is 0 Å². The van der Waals surface area contributed by atoms with Gasteiger partial charge in [0.25, 0.3) is 0 Å². The third kappa shape index (κ3) is 4.40. The second-order valence-corrected chi connectivity index (χ2v) is 5.01. The highest BCUT2D eigenvalue weighted by Crippen LogP contribution is 2.39. The lowest BCUT2D eigenvalue weighted by molar-refractivity contribution is -0.139. The van der Waals surface area contributed by atoms with E-state index in [0.29, 0.717) is 12.2 Å². The zero-order valence-corrected chi connectivity index (χ0v) is 12.5. The van der Waals surface area contributed by atoms with Gasteiger partial charge in [-0.2, -0.15) is 23.4 Å². The van der Waals surface area contributed by atoms with E-state index in [-0.39, 0.29) is 11.3 Å². The normalized spacial score (nSPS) is 11.5. The maximum atomic E-state index is 13.8. The average Bonchev–Trinajstić information content (AvgIpc) is 2.51. The molecule has 7 heteroatoms. The molecule has 1 heterocycles. The van der Waals surface area contributed by atoms with Crippen molar-refractivity contribution in [2.75, 3.05) is 6.61 Å². The molecule has 0 atom stereocenters. The first kappa shape index (κ1) is 17.2. The smallest absolute Gasteiger partial charge is 0.419 e. The molecule has 0 spiro atoms. The molecule has 0 saturated carbocycles. The van der Waals surface area contributed by atoms with Crippen LogP contribution in [0.4, 0.5) is 17.6 Å². The van der Waals surface area contributed by atoms with Crippen LogP contribution in [0.2, 0.25) is 0 Å². The first-order valence-electron chi connectivity index (χ1n) is 7.24. The van der Waals surface area contributed by atoms with Crippen molar-refractivity contribution in [3.8, 4) is 16.9 Å². The topological polar surface area (TPSA) is 35.0 Å². The predicted molar refractivity (Wildman–Crippen MR) is 77.4 cm³/mol. The minimum absolute atomic E-state index is 0.0691. The van der Waals surface area contributed by atoms with Crippen molar-refractivity contribution in [1.82, 2.24) is 10.2 Å². The maximum absolute atomic E-state index is 13.8. The Labute approximate surface area is 131 Å². The van der Waals surface area contributed by atoms with Crippen molar-refractivity contribution in [3.63, 3.8) is 0 Å². The zero-order chi connectivity index (χ0) is 16.9. The summed E-state index contributed by atoms with van der Waals surface area (Å²) >= 11 is 0. The molecular formula is C16H16F4N2O. The van der Waals surface area contributed by atoms with Crippen molar-refractivity contribution >= 4 is 0 Å². The Morgan fingerprint density at radius 3 is 2.52 bits per heavy atom. The summed E-state index contributed by atoms with van der Waals surface area (Å²) in [7, 11) is 0. The molecule has 2 rings (SSSR count). The van der Waals surface area contributed by atoms with Gasteiger partial charge in [-0.25, -0.2) is 4.39 Å². The molecule has 0 fully saturated rings. The molecule has 124 valence electrons. The van der Waals surface area contributed by atoms with Crippen LogP contribution in [0.15, 0.2) is 30.6 Å². The minimum atomic E-state index is -4.78. The largest absolute Gasteiger partial charge is 0.493 e. The number of hydrogen-bond acceptors (Lipinski definition) is 3. The number of ether oxygens (including phenoxy) is 1. The molecule has 1 aromatic heterocycles. The number of aromatic nitrogens is 2. The Morgan fingerprint density at radius 1 is 1.13 bits per heavy atom. The molecule has 0 aliphatic carbocycles. The average molecular weight is 328 g/mol. The quantitative estimate of drug-likeness (QED) is 0.560. The van der Waals surface area contributed by atoms with E-state index >= 15 is 0 Å². The fraction of sp³-hybridized carbons (Fsp3) is 0.375. The highest BCUT2D eigenvalue weighted by Gasteiger charge is 2.35. The maximum Gasteiger partial charge on any atom is 0.419 e. The lowest BCUT2D eigenvalue weighted by Gasteiger charge is -2.15. The van der Waals surface area contributed by atoms with E-state index in [0.717, 1.165) is 31.4 Å². The molecule has 0 radical (unpaired) electrons. The zero-order valence-electron chi connectivity index (χ0n) is 12.5. The van der Waals surface area contributed by atoms with E-state index in [9.17, 15) is 17.6 Å². The number of alkyl halides is 3. The summed E-state index contributed by atoms with van der Waals surface area (Å²) in [5.41, 5.74) is -0.800. The van der Waals surface area contributed by atoms with E-state index in [4.69, 9.17) is 4.74 Å². The number of nitrogens with zero attached hydrogens (tertiary/aromatic N) is 2. The second kappa shape index (κ2) is 7.39. The Morgan fingerprint density at radius 2 is 1.91 bits per heavy atom. The molecule has 0 amide bonds. The highest BCUT2D eigenvalue weighted by molar-refractivity contribution is 5.70. The van der Waals surface area contributed by atoms with Crippen LogP contribution in [0.3, 0.4) is 0 Å². The fourth-order valence-electron chi connectivity index (χ4n) is 2.10. The monoisotopic (exact) mass is 328 g/mol. The molecule has 0 bridgehead atoms. The van der Waals surface area contributed by atoms with Crippen molar-refractivity contribution < 1.29 is 22.3 Å². The number of hydrogen-bond donors (Lipinski definition) is 0. The van der Waals surface area contributed by atoms with Gasteiger partial charge in [-0.1, -0.05) is 19.8 Å². The third-order valence-corrected chi connectivity index (χ3v) is 3.28. The SMILES string of the molecule is CCCCCOc1cc(F)c(C(F)(F)F)cc1-c1ccnnc1. The Balaban J connectivity index is 2.41. The summed E-state index contributed by atoms with van der Waals surface area (Å²) in [4.78, 5) is 0. The van der Waals surface area contributed by atoms with Crippen molar-refractivity contribution in [2.24, 2.45) is 0 Å². The van der Waals surface area contributed by atoms with E-state index < -0.39 is 17.6 Å². The molecule has 0 aliphatic rings. The van der Waals surface area contributed by atoms with Crippen molar-refractivity contribution in [1.29, 1.82) is 0 Å². The number of benzene rings is 1. The second-order valence-electron chi connectivity index (χ2n) is 5.01. The molecule has 3 nitrogen and oxygen atoms in total. The van der Waals surface area contributed by atoms with E-state index in [1.165, 1.54) is 18.5 Å². The minimum Gasteiger partial charge on any atom is -0.493 e. The van der Waals surface area contributed by atoms with Gasteiger partial charge in [0.1, 0.15) is 11.6 Å². The van der Waals surface area contributed by atoms with Gasteiger partial charge in [0.15, 0.2) is 0 Å². The predicted octanol–water partition coefficient (Wildman–Crippen LogP) is 4.87. The van der Waals surface area contributed by atoms with E-state index in [1.807, 2.05) is 6.92 Å². The standard InChI is InChI=1S/C16H16F4N2O/c1-2-3-4-7-23-15-9-14(17)13(16(18,19)20)8-12(15)11-5-6-21-22-10-11/h5-6,8-10H,2-4,7H2,1H3. The van der Waals surface area contributed by atoms with Crippen LogP contribution in [0, 0.1) is 5.82 Å². The third-order valence-electron chi connectivity index (χ3n) is 3.28. The first-order chi connectivity index (χ1) is 10.9. The number of unbranched alkanes of at least 4 members (excludes halogenated alkanes) is 2. The van der Waals surface area contributed by atoms with Gasteiger partial charge in [0.05, 0.1) is 24.6 Å². The fourth-order valence-corrected chi connectivity index (χ4v) is 2.10. The summed E-state index contributed by atoms with van der Waals surface area (Å²) in [5.74, 6) is -1.28. The van der Waals surface area contributed by atoms with Crippen molar-refractivity contribution in [3.05, 3.63) is 42.0 Å². The van der Waals surface area contributed by atoms with Crippen LogP contribution in [0.1, 0.15) is 31.7 Å². The van der Waals surface area contributed by atoms with Gasteiger partial charge in [-0.15, -0.1) is 0 Å². The Kier molecular flexibility index (Phi) is 5.52. The van der Waals surface area contributed by atoms with Crippen LogP contribution in [0.25, 0.3) is 11.1 Å². The van der Waals surface area contributed by atoms with Crippen LogP contribution in [0.5, 0.6) is 5.75 Å². The summed E-state index contributed by atoms with van der Waals surface area (Å²) in [6.07, 6.45) is 0.535. The van der Waals surface area contributed by atoms with Crippen LogP contribution < -0.4 is 4.74 Å². The molecule has 0 saturated heterocycles. The molecule has 0 unspecified atom stereocenters. The van der Waals surface area contributed by atoms with E-state index in [2.05, 4.69) is 10.2 Å². The van der Waals surface area contributed by atoms with Gasteiger partial charge >= 0.3 is 6.18 Å². The Bertz CT molecular complexity index is 645. The summed E-state index contributed by atoms with van der Waals surface area (Å²) in [6, 6.07) is 3.03. The van der Waals surface area contributed by atoms with Gasteiger partial charge in [0.2, 0.25) is 0 Å². The number of halogens is 4. The van der Waals surface area contributed by atoms with E-state index in [1.54, 1.807) is 0 Å². The van der Waals surface area contributed by atoms with Crippen LogP contribution in [-0.4, -0.2) is 16.8 Å². The van der Waals surface area contributed by atoms with Crippen molar-refractivity contribution in [2.45, 2.75) is 32.4 Å². The van der Waals surface area contributed by atoms with Gasteiger partial charge in [0, 0.05) is 17.2 Å². The summed E-state index contributed by atoms with van der Waals surface area (Å²) in [5, 5.41) is 7.23. The molecule has 0 N–H and O–H groups in total. The highest BCUT2D eigenvalue weighted by atomic mass is 19.4. The molecule has 2 aromatic rings. The first-order valence-corrected chi connectivity index (χ1v) is 7.24. The molecular weight excluding hydrogens is 312 g/mol. The lowest BCUT2D eigenvalue weighted by atomic mass is 10.0. The molecule has 0 aliphatic heterocycles. The van der Waals surface area contributed by atoms with Gasteiger partial charge < -0.3 is 4.74 Å².